The molecule has 2 aromatic carbocycles. The Balaban J connectivity index is 0.000000342. The Morgan fingerprint density at radius 3 is 1.65 bits per heavy atom. The van der Waals surface area contributed by atoms with Crippen molar-refractivity contribution < 1.29 is 27.1 Å². The molecule has 3 aliphatic rings. The molecule has 1 nitrogen and oxygen atoms in total. The number of hydrogen-bond donors (Lipinski definition) is 0. The summed E-state index contributed by atoms with van der Waals surface area (Å²) in [6.45, 7) is 15.8. The van der Waals surface area contributed by atoms with E-state index in [1.54, 1.807) is 0 Å². The van der Waals surface area contributed by atoms with E-state index in [4.69, 9.17) is 4.74 Å². The van der Waals surface area contributed by atoms with Crippen molar-refractivity contribution in [3.05, 3.63) is 83.8 Å². The SMILES string of the molecule is CC(C)c1cc(C(C)C)c(-c2[c-]cccc2)c(C(C)C)c1.CCCC1=[C-]CC(P)O1.[Au].[CH-]1CCCCC1.[CH-]1CCCCC1. The quantitative estimate of drug-likeness (QED) is 0.161. The molecule has 0 bridgehead atoms. The maximum atomic E-state index is 5.37. The summed E-state index contributed by atoms with van der Waals surface area (Å²) in [6, 6.07) is 16.6. The van der Waals surface area contributed by atoms with Crippen LogP contribution in [0.2, 0.25) is 0 Å². The zero-order chi connectivity index (χ0) is 30.7. The molecule has 1 heterocycles. The maximum absolute atomic E-state index is 5.37. The molecular weight excluding hydrogens is 724 g/mol. The molecule has 5 rings (SSSR count). The van der Waals surface area contributed by atoms with E-state index in [9.17, 15) is 0 Å². The number of benzene rings is 2. The molecule has 2 aliphatic carbocycles. The fourth-order valence-corrected chi connectivity index (χ4v) is 5.75. The van der Waals surface area contributed by atoms with Crippen molar-refractivity contribution >= 4 is 9.24 Å². The Labute approximate surface area is 285 Å². The van der Waals surface area contributed by atoms with Gasteiger partial charge in [0.05, 0.1) is 5.85 Å². The van der Waals surface area contributed by atoms with Crippen molar-refractivity contribution in [2.45, 2.75) is 156 Å². The molecule has 3 heteroatoms. The van der Waals surface area contributed by atoms with Crippen LogP contribution in [0.15, 0.2) is 42.2 Å². The van der Waals surface area contributed by atoms with Gasteiger partial charge in [0, 0.05) is 22.4 Å². The van der Waals surface area contributed by atoms with Gasteiger partial charge in [-0.05, 0) is 29.7 Å². The molecule has 43 heavy (non-hydrogen) atoms. The van der Waals surface area contributed by atoms with E-state index >= 15 is 0 Å². The molecule has 2 saturated carbocycles. The van der Waals surface area contributed by atoms with Crippen molar-refractivity contribution in [2.24, 2.45) is 0 Å². The molecule has 0 amide bonds. The average Bonchev–Trinajstić information content (AvgIpc) is 3.44. The second-order valence-electron chi connectivity index (χ2n) is 12.9. The van der Waals surface area contributed by atoms with Gasteiger partial charge < -0.3 is 23.7 Å². The van der Waals surface area contributed by atoms with Gasteiger partial charge in [-0.15, -0.1) is 42.3 Å². The molecule has 2 fully saturated rings. The first-order valence-corrected chi connectivity index (χ1v) is 17.7. The first kappa shape index (κ1) is 40.2. The molecule has 1 aliphatic heterocycles. The van der Waals surface area contributed by atoms with Crippen molar-refractivity contribution in [2.75, 3.05) is 0 Å². The minimum atomic E-state index is 0. The number of ether oxygens (including phenoxy) is 1. The van der Waals surface area contributed by atoms with Gasteiger partial charge in [-0.3, -0.25) is 0 Å². The number of rotatable bonds is 6. The zero-order valence-electron chi connectivity index (χ0n) is 28.4. The predicted molar refractivity (Wildman–Crippen MR) is 189 cm³/mol. The number of hydrogen-bond acceptors (Lipinski definition) is 1. The van der Waals surface area contributed by atoms with Gasteiger partial charge in [0.25, 0.3) is 0 Å². The summed E-state index contributed by atoms with van der Waals surface area (Å²) < 4.78 is 5.37. The Hall–Kier alpha value is -0.850. The summed E-state index contributed by atoms with van der Waals surface area (Å²) in [5, 5.41) is 0. The topological polar surface area (TPSA) is 9.23 Å². The fourth-order valence-electron chi connectivity index (χ4n) is 5.47. The zero-order valence-corrected chi connectivity index (χ0v) is 31.7. The van der Waals surface area contributed by atoms with Crippen molar-refractivity contribution in [3.63, 3.8) is 0 Å². The predicted octanol–water partition coefficient (Wildman–Crippen LogP) is 12.9. The molecule has 0 spiro atoms. The summed E-state index contributed by atoms with van der Waals surface area (Å²) >= 11 is 0. The van der Waals surface area contributed by atoms with Crippen LogP contribution in [0.3, 0.4) is 0 Å². The first-order chi connectivity index (χ1) is 20.2. The van der Waals surface area contributed by atoms with Crippen LogP contribution in [-0.2, 0) is 27.1 Å². The molecular formula is C40H61AuOP-4. The molecule has 247 valence electrons. The standard InChI is InChI=1S/C21H27.C7H12OP.2C6H11.Au/c1-14(2)18-12-19(15(3)4)21(20(13-18)16(5)6)17-10-8-7-9-11-17;1-2-3-6-4-5-7(9)8-6;2*1-2-4-6-5-3-1;/h7-10,12-16H,1-6H3;7H,2-3,5,9H2,1H3;2*1H,2-6H2;/q4*-1;. The Bertz CT molecular complexity index is 938. The van der Waals surface area contributed by atoms with Crippen molar-refractivity contribution in [1.82, 2.24) is 0 Å². The van der Waals surface area contributed by atoms with Crippen LogP contribution in [0, 0.1) is 25.0 Å². The van der Waals surface area contributed by atoms with E-state index in [1.165, 1.54) is 92.0 Å². The van der Waals surface area contributed by atoms with Crippen LogP contribution >= 0.6 is 9.24 Å². The monoisotopic (exact) mass is 785 g/mol. The van der Waals surface area contributed by atoms with Gasteiger partial charge in [-0.1, -0.05) is 137 Å². The van der Waals surface area contributed by atoms with Gasteiger partial charge in [0.1, 0.15) is 0 Å². The van der Waals surface area contributed by atoms with Crippen LogP contribution in [0.4, 0.5) is 0 Å². The van der Waals surface area contributed by atoms with Crippen LogP contribution in [0.25, 0.3) is 11.1 Å². The third-order valence-electron chi connectivity index (χ3n) is 8.01. The van der Waals surface area contributed by atoms with Crippen molar-refractivity contribution in [1.29, 1.82) is 0 Å². The Morgan fingerprint density at radius 2 is 1.35 bits per heavy atom. The molecule has 2 unspecified atom stereocenters. The minimum Gasteiger partial charge on any atom is -0.530 e. The van der Waals surface area contributed by atoms with Gasteiger partial charge in [0.15, 0.2) is 0 Å². The first-order valence-electron chi connectivity index (χ1n) is 17.0. The Morgan fingerprint density at radius 1 is 0.814 bits per heavy atom. The minimum absolute atomic E-state index is 0. The molecule has 2 aromatic rings. The normalized spacial score (nSPS) is 17.7. The van der Waals surface area contributed by atoms with Crippen molar-refractivity contribution in [3.8, 4) is 11.1 Å². The second kappa shape index (κ2) is 23.5. The van der Waals surface area contributed by atoms with Crippen LogP contribution in [0.5, 0.6) is 0 Å². The van der Waals surface area contributed by atoms with E-state index in [0.29, 0.717) is 23.6 Å². The molecule has 0 saturated heterocycles. The Kier molecular flexibility index (Phi) is 21.9. The smallest absolute Gasteiger partial charge is 0.0806 e. The molecule has 1 radical (unpaired) electrons. The average molecular weight is 786 g/mol. The summed E-state index contributed by atoms with van der Waals surface area (Å²) in [5.74, 6) is 2.95. The largest absolute Gasteiger partial charge is 0.530 e. The van der Waals surface area contributed by atoms with E-state index in [2.05, 4.69) is 107 Å². The van der Waals surface area contributed by atoms with Gasteiger partial charge in [-0.2, -0.15) is 25.7 Å². The fraction of sp³-hybridized carbons (Fsp3) is 0.600. The summed E-state index contributed by atoms with van der Waals surface area (Å²) in [5.41, 5.74) is 6.96. The second-order valence-corrected chi connectivity index (χ2v) is 13.6. The molecule has 0 aromatic heterocycles. The third-order valence-corrected chi connectivity index (χ3v) is 8.39. The summed E-state index contributed by atoms with van der Waals surface area (Å²) in [7, 11) is 2.64. The van der Waals surface area contributed by atoms with E-state index < -0.39 is 0 Å². The molecule has 2 atom stereocenters. The number of allylic oxidation sites excluding steroid dienone is 1. The molecule has 0 N–H and O–H groups in total. The van der Waals surface area contributed by atoms with Gasteiger partial charge in [-0.25, -0.2) is 0 Å². The van der Waals surface area contributed by atoms with E-state index in [1.807, 2.05) is 12.1 Å². The van der Waals surface area contributed by atoms with Gasteiger partial charge >= 0.3 is 0 Å². The van der Waals surface area contributed by atoms with E-state index in [0.717, 1.165) is 25.0 Å². The van der Waals surface area contributed by atoms with E-state index in [-0.39, 0.29) is 22.4 Å². The summed E-state index contributed by atoms with van der Waals surface area (Å²) in [6.07, 6.45) is 25.3. The summed E-state index contributed by atoms with van der Waals surface area (Å²) in [4.78, 5) is 0. The van der Waals surface area contributed by atoms with Crippen LogP contribution in [0.1, 0.15) is 166 Å². The van der Waals surface area contributed by atoms with Crippen LogP contribution in [-0.4, -0.2) is 5.85 Å². The third kappa shape index (κ3) is 15.8. The van der Waals surface area contributed by atoms with Gasteiger partial charge in [0.2, 0.25) is 0 Å². The van der Waals surface area contributed by atoms with Crippen LogP contribution < -0.4 is 0 Å². The maximum Gasteiger partial charge on any atom is 0.0806 e.